The average Bonchev–Trinajstić information content (AvgIpc) is 3.30. The molecule has 1 amide bonds. The van der Waals surface area contributed by atoms with Crippen molar-refractivity contribution in [3.63, 3.8) is 0 Å². The molecule has 1 aromatic carbocycles. The van der Waals surface area contributed by atoms with Crippen LogP contribution < -0.4 is 4.90 Å². The van der Waals surface area contributed by atoms with Gasteiger partial charge in [0.25, 0.3) is 5.91 Å². The number of aryl methyl sites for hydroxylation is 4. The fraction of sp³-hybridized carbons (Fsp3) is 0.476. The maximum Gasteiger partial charge on any atom is 0.280 e. The summed E-state index contributed by atoms with van der Waals surface area (Å²) in [5.74, 6) is -0.0919. The van der Waals surface area contributed by atoms with E-state index in [9.17, 15) is 4.79 Å². The van der Waals surface area contributed by atoms with E-state index in [-0.39, 0.29) is 5.91 Å². The van der Waals surface area contributed by atoms with Gasteiger partial charge in [-0.1, -0.05) is 23.5 Å². The highest BCUT2D eigenvalue weighted by Crippen LogP contribution is 2.33. The highest BCUT2D eigenvalue weighted by atomic mass is 32.1. The third kappa shape index (κ3) is 4.05. The number of fused-ring (bicyclic) bond motifs is 1. The molecule has 1 saturated heterocycles. The lowest BCUT2D eigenvalue weighted by molar-refractivity contribution is 0.0391. The van der Waals surface area contributed by atoms with Crippen LogP contribution in [-0.2, 0) is 11.8 Å². The molecule has 0 N–H and O–H groups in total. The number of hydrogen-bond donors (Lipinski definition) is 0. The number of nitrogens with zero attached hydrogens (tertiary/aromatic N) is 5. The Morgan fingerprint density at radius 2 is 1.90 bits per heavy atom. The van der Waals surface area contributed by atoms with Gasteiger partial charge < -0.3 is 4.74 Å². The number of carbonyl (C=O) groups is 1. The maximum atomic E-state index is 13.5. The number of anilines is 1. The van der Waals surface area contributed by atoms with Gasteiger partial charge in [-0.05, 0) is 31.9 Å². The second-order valence-corrected chi connectivity index (χ2v) is 8.60. The van der Waals surface area contributed by atoms with E-state index >= 15 is 0 Å². The molecule has 1 aliphatic heterocycles. The lowest BCUT2D eigenvalue weighted by Gasteiger charge is -2.29. The third-order valence-electron chi connectivity index (χ3n) is 5.36. The van der Waals surface area contributed by atoms with Gasteiger partial charge in [0.15, 0.2) is 10.8 Å². The molecule has 0 bridgehead atoms. The topological polar surface area (TPSA) is 63.5 Å². The summed E-state index contributed by atoms with van der Waals surface area (Å²) in [4.78, 5) is 22.5. The first-order valence-electron chi connectivity index (χ1n) is 9.93. The molecule has 0 saturated carbocycles. The first kappa shape index (κ1) is 20.0. The molecule has 1 fully saturated rings. The van der Waals surface area contributed by atoms with Crippen molar-refractivity contribution in [1.29, 1.82) is 0 Å². The summed E-state index contributed by atoms with van der Waals surface area (Å²) < 4.78 is 8.28. The van der Waals surface area contributed by atoms with Gasteiger partial charge in [0.05, 0.1) is 23.4 Å². The van der Waals surface area contributed by atoms with Crippen LogP contribution in [0.5, 0.6) is 0 Å². The van der Waals surface area contributed by atoms with E-state index in [1.807, 2.05) is 20.2 Å². The van der Waals surface area contributed by atoms with Crippen LogP contribution in [0.4, 0.5) is 5.13 Å². The predicted molar refractivity (Wildman–Crippen MR) is 116 cm³/mol. The van der Waals surface area contributed by atoms with Crippen molar-refractivity contribution in [1.82, 2.24) is 19.7 Å². The Morgan fingerprint density at radius 1 is 1.17 bits per heavy atom. The Hall–Kier alpha value is -2.29. The number of morpholine rings is 1. The number of benzene rings is 1. The molecule has 0 unspecified atom stereocenters. The van der Waals surface area contributed by atoms with Crippen LogP contribution in [-0.4, -0.2) is 65.0 Å². The smallest absolute Gasteiger partial charge is 0.280 e. The summed E-state index contributed by atoms with van der Waals surface area (Å²) in [5, 5.41) is 5.15. The fourth-order valence-electron chi connectivity index (χ4n) is 3.66. The number of thiazole rings is 1. The van der Waals surface area contributed by atoms with Crippen LogP contribution >= 0.6 is 11.3 Å². The number of hydrogen-bond acceptors (Lipinski definition) is 6. The molecule has 0 atom stereocenters. The minimum absolute atomic E-state index is 0.0919. The van der Waals surface area contributed by atoms with Crippen LogP contribution in [0.3, 0.4) is 0 Å². The van der Waals surface area contributed by atoms with E-state index < -0.39 is 0 Å². The Bertz CT molecular complexity index is 996. The van der Waals surface area contributed by atoms with Crippen LogP contribution in [0.15, 0.2) is 18.3 Å². The van der Waals surface area contributed by atoms with E-state index in [1.165, 1.54) is 5.56 Å². The minimum Gasteiger partial charge on any atom is -0.379 e. The minimum atomic E-state index is -0.0919. The molecule has 3 heterocycles. The van der Waals surface area contributed by atoms with Gasteiger partial charge in [-0.15, -0.1) is 0 Å². The maximum absolute atomic E-state index is 13.5. The quantitative estimate of drug-likeness (QED) is 0.644. The average molecular weight is 414 g/mol. The number of rotatable bonds is 5. The van der Waals surface area contributed by atoms with Crippen molar-refractivity contribution in [2.24, 2.45) is 7.05 Å². The van der Waals surface area contributed by atoms with Crippen molar-refractivity contribution >= 4 is 32.6 Å². The summed E-state index contributed by atoms with van der Waals surface area (Å²) in [6, 6.07) is 4.20. The molecular formula is C21H27N5O2S. The molecule has 154 valence electrons. The van der Waals surface area contributed by atoms with Crippen molar-refractivity contribution in [2.75, 3.05) is 44.3 Å². The van der Waals surface area contributed by atoms with Crippen LogP contribution in [0, 0.1) is 20.8 Å². The summed E-state index contributed by atoms with van der Waals surface area (Å²) in [7, 11) is 1.84. The van der Waals surface area contributed by atoms with Crippen molar-refractivity contribution in [3.05, 3.63) is 40.7 Å². The summed E-state index contributed by atoms with van der Waals surface area (Å²) in [6.45, 7) is 10.7. The van der Waals surface area contributed by atoms with Crippen LogP contribution in [0.2, 0.25) is 0 Å². The molecule has 0 spiro atoms. The normalized spacial score (nSPS) is 15.2. The van der Waals surface area contributed by atoms with Gasteiger partial charge >= 0.3 is 0 Å². The molecule has 4 rings (SSSR count). The van der Waals surface area contributed by atoms with E-state index in [1.54, 1.807) is 20.9 Å². The van der Waals surface area contributed by atoms with E-state index in [2.05, 4.69) is 36.0 Å². The SMILES string of the molecule is Cc1cn(C)nc1C(=O)N(CCN1CCOCC1)c1nc2c(C)ccc(C)c2s1. The number of ether oxygens (including phenoxy) is 1. The van der Waals surface area contributed by atoms with Gasteiger partial charge in [-0.2, -0.15) is 5.10 Å². The Morgan fingerprint density at radius 3 is 2.55 bits per heavy atom. The van der Waals surface area contributed by atoms with Gasteiger partial charge in [0.1, 0.15) is 0 Å². The second-order valence-electron chi connectivity index (χ2n) is 7.62. The van der Waals surface area contributed by atoms with E-state index in [0.29, 0.717) is 12.2 Å². The van der Waals surface area contributed by atoms with E-state index in [0.717, 1.165) is 59.3 Å². The Labute approximate surface area is 174 Å². The third-order valence-corrected chi connectivity index (χ3v) is 6.58. The second kappa shape index (κ2) is 8.22. The molecule has 29 heavy (non-hydrogen) atoms. The summed E-state index contributed by atoms with van der Waals surface area (Å²) >= 11 is 1.58. The molecule has 0 radical (unpaired) electrons. The van der Waals surface area contributed by atoms with Gasteiger partial charge in [0, 0.05) is 45.0 Å². The first-order chi connectivity index (χ1) is 13.9. The summed E-state index contributed by atoms with van der Waals surface area (Å²) in [5.41, 5.74) is 4.66. The molecule has 7 nitrogen and oxygen atoms in total. The zero-order valence-corrected chi connectivity index (χ0v) is 18.3. The number of carbonyl (C=O) groups excluding carboxylic acids is 1. The lowest BCUT2D eigenvalue weighted by atomic mass is 10.1. The Balaban J connectivity index is 1.69. The van der Waals surface area contributed by atoms with Gasteiger partial charge in [0.2, 0.25) is 0 Å². The first-order valence-corrected chi connectivity index (χ1v) is 10.7. The molecule has 3 aromatic rings. The zero-order valence-electron chi connectivity index (χ0n) is 17.4. The number of aromatic nitrogens is 3. The van der Waals surface area contributed by atoms with Crippen LogP contribution in [0.25, 0.3) is 10.2 Å². The standard InChI is InChI=1S/C21H27N5O2S/c1-14-5-6-15(2)19-17(14)22-21(29-19)26(8-7-25-9-11-28-12-10-25)20(27)18-16(3)13-24(4)23-18/h5-6,13H,7-12H2,1-4H3. The monoisotopic (exact) mass is 413 g/mol. The van der Waals surface area contributed by atoms with Gasteiger partial charge in [-0.25, -0.2) is 4.98 Å². The van der Waals surface area contributed by atoms with Crippen LogP contribution in [0.1, 0.15) is 27.2 Å². The van der Waals surface area contributed by atoms with Crippen molar-refractivity contribution < 1.29 is 9.53 Å². The van der Waals surface area contributed by atoms with Crippen molar-refractivity contribution in [2.45, 2.75) is 20.8 Å². The highest BCUT2D eigenvalue weighted by molar-refractivity contribution is 7.22. The molecule has 0 aliphatic carbocycles. The largest absolute Gasteiger partial charge is 0.379 e. The zero-order chi connectivity index (χ0) is 20.5. The molecule has 8 heteroatoms. The summed E-state index contributed by atoms with van der Waals surface area (Å²) in [6.07, 6.45) is 1.88. The fourth-order valence-corrected chi connectivity index (χ4v) is 4.80. The van der Waals surface area contributed by atoms with E-state index in [4.69, 9.17) is 9.72 Å². The lowest BCUT2D eigenvalue weighted by Crippen LogP contribution is -2.43. The van der Waals surface area contributed by atoms with Gasteiger partial charge in [-0.3, -0.25) is 19.3 Å². The molecule has 1 aliphatic rings. The molecule has 2 aromatic heterocycles. The highest BCUT2D eigenvalue weighted by Gasteiger charge is 2.26. The molecular weight excluding hydrogens is 386 g/mol. The van der Waals surface area contributed by atoms with Crippen molar-refractivity contribution in [3.8, 4) is 0 Å². The Kier molecular flexibility index (Phi) is 5.67. The number of amides is 1. The predicted octanol–water partition coefficient (Wildman–Crippen LogP) is 2.93.